The molecule has 1 saturated heterocycles. The highest BCUT2D eigenvalue weighted by molar-refractivity contribution is 6.04. The van der Waals surface area contributed by atoms with Crippen LogP contribution in [0.1, 0.15) is 35.3 Å². The third-order valence-corrected chi connectivity index (χ3v) is 4.09. The van der Waals surface area contributed by atoms with Gasteiger partial charge in [0.15, 0.2) is 0 Å². The van der Waals surface area contributed by atoms with Crippen LogP contribution in [0.5, 0.6) is 0 Å². The summed E-state index contributed by atoms with van der Waals surface area (Å²) in [5.41, 5.74) is 2.69. The van der Waals surface area contributed by atoms with Gasteiger partial charge in [0, 0.05) is 41.8 Å². The number of amides is 1. The van der Waals surface area contributed by atoms with Gasteiger partial charge in [0.2, 0.25) is 5.56 Å². The van der Waals surface area contributed by atoms with E-state index in [9.17, 15) is 9.59 Å². The van der Waals surface area contributed by atoms with E-state index >= 15 is 0 Å². The predicted molar refractivity (Wildman–Crippen MR) is 92.3 cm³/mol. The van der Waals surface area contributed by atoms with Gasteiger partial charge >= 0.3 is 0 Å². The van der Waals surface area contributed by atoms with E-state index in [1.54, 1.807) is 13.0 Å². The zero-order valence-corrected chi connectivity index (χ0v) is 13.3. The van der Waals surface area contributed by atoms with Crippen molar-refractivity contribution in [2.75, 3.05) is 23.3 Å². The van der Waals surface area contributed by atoms with E-state index in [1.807, 2.05) is 24.3 Å². The summed E-state index contributed by atoms with van der Waals surface area (Å²) >= 11 is 0. The van der Waals surface area contributed by atoms with E-state index in [1.165, 1.54) is 31.0 Å². The molecule has 1 aliphatic rings. The first kappa shape index (κ1) is 15.3. The third kappa shape index (κ3) is 3.80. The van der Waals surface area contributed by atoms with Gasteiger partial charge in [-0.2, -0.15) is 0 Å². The Balaban J connectivity index is 1.70. The van der Waals surface area contributed by atoms with Crippen molar-refractivity contribution in [3.05, 3.63) is 58.0 Å². The van der Waals surface area contributed by atoms with Crippen LogP contribution in [-0.4, -0.2) is 24.0 Å². The van der Waals surface area contributed by atoms with Crippen LogP contribution < -0.4 is 15.8 Å². The molecule has 1 fully saturated rings. The van der Waals surface area contributed by atoms with Crippen molar-refractivity contribution < 1.29 is 4.79 Å². The SMILES string of the molecule is Cc1cc(C(=O)Nc2ccc(N3CCCCC3)cc2)cc(=O)[nH]1. The first-order chi connectivity index (χ1) is 11.1. The maximum absolute atomic E-state index is 12.2. The second-order valence-electron chi connectivity index (χ2n) is 5.96. The number of pyridine rings is 1. The molecule has 5 nitrogen and oxygen atoms in total. The molecule has 2 aromatic rings. The highest BCUT2D eigenvalue weighted by Gasteiger charge is 2.11. The van der Waals surface area contributed by atoms with E-state index < -0.39 is 0 Å². The molecular weight excluding hydrogens is 290 g/mol. The number of carbonyl (C=O) groups is 1. The van der Waals surface area contributed by atoms with Crippen LogP contribution in [0.4, 0.5) is 11.4 Å². The number of hydrogen-bond acceptors (Lipinski definition) is 3. The summed E-state index contributed by atoms with van der Waals surface area (Å²) in [5.74, 6) is -0.273. The van der Waals surface area contributed by atoms with Gasteiger partial charge in [-0.05, 0) is 56.5 Å². The number of nitrogens with zero attached hydrogens (tertiary/aromatic N) is 1. The molecule has 3 rings (SSSR count). The zero-order valence-electron chi connectivity index (χ0n) is 13.3. The molecule has 1 aliphatic heterocycles. The van der Waals surface area contributed by atoms with Gasteiger partial charge in [-0.3, -0.25) is 9.59 Å². The lowest BCUT2D eigenvalue weighted by molar-refractivity contribution is 0.102. The molecule has 1 aromatic carbocycles. The Morgan fingerprint density at radius 1 is 1.09 bits per heavy atom. The highest BCUT2D eigenvalue weighted by atomic mass is 16.2. The lowest BCUT2D eigenvalue weighted by atomic mass is 10.1. The number of benzene rings is 1. The number of piperidine rings is 1. The number of aromatic nitrogens is 1. The molecule has 2 heterocycles. The van der Waals surface area contributed by atoms with Gasteiger partial charge in [0.05, 0.1) is 0 Å². The maximum atomic E-state index is 12.2. The second kappa shape index (κ2) is 6.69. The van der Waals surface area contributed by atoms with E-state index in [2.05, 4.69) is 15.2 Å². The summed E-state index contributed by atoms with van der Waals surface area (Å²) in [7, 11) is 0. The molecule has 0 saturated carbocycles. The van der Waals surface area contributed by atoms with Gasteiger partial charge in [-0.1, -0.05) is 0 Å². The van der Waals surface area contributed by atoms with Crippen LogP contribution in [0.3, 0.4) is 0 Å². The molecule has 1 aromatic heterocycles. The second-order valence-corrected chi connectivity index (χ2v) is 5.96. The number of H-pyrrole nitrogens is 1. The highest BCUT2D eigenvalue weighted by Crippen LogP contribution is 2.22. The molecule has 0 radical (unpaired) electrons. The van der Waals surface area contributed by atoms with Crippen molar-refractivity contribution in [1.82, 2.24) is 4.98 Å². The number of carbonyl (C=O) groups excluding carboxylic acids is 1. The monoisotopic (exact) mass is 311 g/mol. The maximum Gasteiger partial charge on any atom is 0.255 e. The summed E-state index contributed by atoms with van der Waals surface area (Å²) in [4.78, 5) is 28.7. The first-order valence-corrected chi connectivity index (χ1v) is 7.99. The standard InChI is InChI=1S/C18H21N3O2/c1-13-11-14(12-17(22)19-13)18(23)20-15-5-7-16(8-6-15)21-9-3-2-4-10-21/h5-8,11-12H,2-4,9-10H2,1H3,(H,19,22)(H,20,23). The van der Waals surface area contributed by atoms with Gasteiger partial charge in [0.25, 0.3) is 5.91 Å². The zero-order chi connectivity index (χ0) is 16.2. The Bertz CT molecular complexity index is 744. The van der Waals surface area contributed by atoms with Gasteiger partial charge in [-0.25, -0.2) is 0 Å². The number of nitrogens with one attached hydrogen (secondary N) is 2. The topological polar surface area (TPSA) is 65.2 Å². The molecular formula is C18H21N3O2. The molecule has 120 valence electrons. The molecule has 0 aliphatic carbocycles. The van der Waals surface area contributed by atoms with Crippen LogP contribution in [0.2, 0.25) is 0 Å². The predicted octanol–water partition coefficient (Wildman–Crippen LogP) is 2.93. The van der Waals surface area contributed by atoms with Crippen LogP contribution >= 0.6 is 0 Å². The molecule has 0 spiro atoms. The average Bonchev–Trinajstić information content (AvgIpc) is 2.55. The third-order valence-electron chi connectivity index (χ3n) is 4.09. The van der Waals surface area contributed by atoms with Gasteiger partial charge in [0.1, 0.15) is 0 Å². The molecule has 23 heavy (non-hydrogen) atoms. The summed E-state index contributed by atoms with van der Waals surface area (Å²) in [5, 5.41) is 2.83. The fraction of sp³-hybridized carbons (Fsp3) is 0.333. The molecule has 2 N–H and O–H groups in total. The number of rotatable bonds is 3. The lowest BCUT2D eigenvalue weighted by Gasteiger charge is -2.28. The minimum absolute atomic E-state index is 0.268. The lowest BCUT2D eigenvalue weighted by Crippen LogP contribution is -2.29. The smallest absolute Gasteiger partial charge is 0.255 e. The Labute approximate surface area is 135 Å². The summed E-state index contributed by atoms with van der Waals surface area (Å²) in [6.07, 6.45) is 3.78. The normalized spacial score (nSPS) is 14.6. The average molecular weight is 311 g/mol. The van der Waals surface area contributed by atoms with Crippen LogP contribution in [0.15, 0.2) is 41.2 Å². The van der Waals surface area contributed by atoms with Crippen molar-refractivity contribution >= 4 is 17.3 Å². The Kier molecular flexibility index (Phi) is 4.46. The first-order valence-electron chi connectivity index (χ1n) is 7.99. The van der Waals surface area contributed by atoms with Gasteiger partial charge < -0.3 is 15.2 Å². The minimum Gasteiger partial charge on any atom is -0.372 e. The summed E-state index contributed by atoms with van der Waals surface area (Å²) < 4.78 is 0. The quantitative estimate of drug-likeness (QED) is 0.916. The van der Waals surface area contributed by atoms with Crippen molar-refractivity contribution in [3.8, 4) is 0 Å². The van der Waals surface area contributed by atoms with Crippen LogP contribution in [-0.2, 0) is 0 Å². The molecule has 1 amide bonds. The van der Waals surface area contributed by atoms with Crippen molar-refractivity contribution in [1.29, 1.82) is 0 Å². The molecule has 5 heteroatoms. The van der Waals surface area contributed by atoms with E-state index in [-0.39, 0.29) is 11.5 Å². The van der Waals surface area contributed by atoms with Crippen molar-refractivity contribution in [2.24, 2.45) is 0 Å². The molecule has 0 atom stereocenters. The van der Waals surface area contributed by atoms with E-state index in [4.69, 9.17) is 0 Å². The number of hydrogen-bond donors (Lipinski definition) is 2. The fourth-order valence-corrected chi connectivity index (χ4v) is 2.92. The van der Waals surface area contributed by atoms with Gasteiger partial charge in [-0.15, -0.1) is 0 Å². The van der Waals surface area contributed by atoms with E-state index in [0.717, 1.165) is 18.8 Å². The molecule has 0 unspecified atom stereocenters. The van der Waals surface area contributed by atoms with Crippen LogP contribution in [0, 0.1) is 6.92 Å². The van der Waals surface area contributed by atoms with Crippen molar-refractivity contribution in [2.45, 2.75) is 26.2 Å². The Morgan fingerprint density at radius 3 is 2.43 bits per heavy atom. The Hall–Kier alpha value is -2.56. The summed E-state index contributed by atoms with van der Waals surface area (Å²) in [6.45, 7) is 3.95. The number of aromatic amines is 1. The fourth-order valence-electron chi connectivity index (χ4n) is 2.92. The van der Waals surface area contributed by atoms with E-state index in [0.29, 0.717) is 11.3 Å². The minimum atomic E-state index is -0.273. The molecule has 0 bridgehead atoms. The van der Waals surface area contributed by atoms with Crippen LogP contribution in [0.25, 0.3) is 0 Å². The summed E-state index contributed by atoms with van der Waals surface area (Å²) in [6, 6.07) is 10.8. The number of anilines is 2. The van der Waals surface area contributed by atoms with Crippen molar-refractivity contribution in [3.63, 3.8) is 0 Å². The largest absolute Gasteiger partial charge is 0.372 e. The number of aryl methyl sites for hydroxylation is 1. The Morgan fingerprint density at radius 2 is 1.78 bits per heavy atom.